The third kappa shape index (κ3) is 4.54. The van der Waals surface area contributed by atoms with Crippen LogP contribution < -0.4 is 5.32 Å². The Morgan fingerprint density at radius 2 is 2.10 bits per heavy atom. The molecular weight excluding hydrogens is 308 g/mol. The van der Waals surface area contributed by atoms with Crippen LogP contribution in [0, 0.1) is 0 Å². The molecule has 0 aliphatic heterocycles. The molecule has 1 rings (SSSR count). The normalized spacial score (nSPS) is 12.1. The molecule has 0 amide bonds. The average Bonchev–Trinajstić information content (AvgIpc) is 2.42. The van der Waals surface area contributed by atoms with Gasteiger partial charge in [0.15, 0.2) is 0 Å². The number of benzene rings is 1. The second-order valence-electron chi connectivity index (χ2n) is 4.99. The van der Waals surface area contributed by atoms with E-state index >= 15 is 0 Å². The molecule has 0 saturated carbocycles. The molecule has 4 nitrogen and oxygen atoms in total. The molecular formula is C15H23ClN2O2S. The van der Waals surface area contributed by atoms with Crippen molar-refractivity contribution in [3.05, 3.63) is 41.4 Å². The minimum absolute atomic E-state index is 0.145. The van der Waals surface area contributed by atoms with Gasteiger partial charge in [0.05, 0.1) is 4.90 Å². The number of nitrogens with one attached hydrogen (secondary N) is 1. The van der Waals surface area contributed by atoms with Gasteiger partial charge in [0.25, 0.3) is 0 Å². The molecule has 118 valence electrons. The first-order valence-corrected chi connectivity index (χ1v) is 8.78. The highest BCUT2D eigenvalue weighted by molar-refractivity contribution is 7.89. The van der Waals surface area contributed by atoms with Gasteiger partial charge in [-0.05, 0) is 38.1 Å². The Bertz CT molecular complexity index is 585. The molecule has 0 unspecified atom stereocenters. The molecule has 0 aliphatic rings. The van der Waals surface area contributed by atoms with Crippen LogP contribution in [0.2, 0.25) is 5.02 Å². The zero-order valence-electron chi connectivity index (χ0n) is 12.8. The maximum absolute atomic E-state index is 12.6. The minimum atomic E-state index is -3.57. The van der Waals surface area contributed by atoms with Crippen LogP contribution in [0.4, 0.5) is 0 Å². The fourth-order valence-corrected chi connectivity index (χ4v) is 3.89. The van der Waals surface area contributed by atoms with Gasteiger partial charge >= 0.3 is 0 Å². The molecule has 0 radical (unpaired) electrons. The summed E-state index contributed by atoms with van der Waals surface area (Å²) in [5, 5.41) is 3.63. The van der Waals surface area contributed by atoms with E-state index in [1.54, 1.807) is 18.2 Å². The Morgan fingerprint density at radius 3 is 2.57 bits per heavy atom. The molecule has 1 N–H and O–H groups in total. The van der Waals surface area contributed by atoms with Crippen molar-refractivity contribution in [2.75, 3.05) is 13.1 Å². The largest absolute Gasteiger partial charge is 0.313 e. The van der Waals surface area contributed by atoms with E-state index < -0.39 is 10.0 Å². The van der Waals surface area contributed by atoms with Crippen molar-refractivity contribution >= 4 is 21.6 Å². The van der Waals surface area contributed by atoms with E-state index in [9.17, 15) is 8.42 Å². The summed E-state index contributed by atoms with van der Waals surface area (Å²) in [5.74, 6) is 0. The van der Waals surface area contributed by atoms with E-state index in [1.807, 2.05) is 20.8 Å². The summed E-state index contributed by atoms with van der Waals surface area (Å²) in [6.45, 7) is 11.0. The number of nitrogens with zero attached hydrogens (tertiary/aromatic N) is 1. The van der Waals surface area contributed by atoms with E-state index in [-0.39, 0.29) is 17.5 Å². The van der Waals surface area contributed by atoms with Crippen LogP contribution in [-0.2, 0) is 16.6 Å². The van der Waals surface area contributed by atoms with Crippen LogP contribution in [0.3, 0.4) is 0 Å². The van der Waals surface area contributed by atoms with Crippen molar-refractivity contribution in [2.24, 2.45) is 0 Å². The highest BCUT2D eigenvalue weighted by atomic mass is 35.5. The predicted octanol–water partition coefficient (Wildman–Crippen LogP) is 3.03. The Kier molecular flexibility index (Phi) is 6.87. The van der Waals surface area contributed by atoms with Gasteiger partial charge in [0.2, 0.25) is 10.0 Å². The molecule has 1 aromatic carbocycles. The van der Waals surface area contributed by atoms with E-state index in [4.69, 9.17) is 11.6 Å². The summed E-state index contributed by atoms with van der Waals surface area (Å²) in [4.78, 5) is 0.211. The molecule has 0 heterocycles. The van der Waals surface area contributed by atoms with Gasteiger partial charge < -0.3 is 5.32 Å². The molecule has 0 atom stereocenters. The van der Waals surface area contributed by atoms with Crippen LogP contribution in [0.1, 0.15) is 26.3 Å². The van der Waals surface area contributed by atoms with Crippen molar-refractivity contribution in [3.8, 4) is 0 Å². The van der Waals surface area contributed by atoms with Crippen molar-refractivity contribution in [2.45, 2.75) is 38.3 Å². The zero-order valence-corrected chi connectivity index (χ0v) is 14.3. The monoisotopic (exact) mass is 330 g/mol. The van der Waals surface area contributed by atoms with Gasteiger partial charge in [0.1, 0.15) is 0 Å². The molecule has 21 heavy (non-hydrogen) atoms. The highest BCUT2D eigenvalue weighted by Gasteiger charge is 2.26. The Hall–Kier alpha value is -0.880. The van der Waals surface area contributed by atoms with E-state index in [0.717, 1.165) is 12.1 Å². The first kappa shape index (κ1) is 18.2. The fraction of sp³-hybridized carbons (Fsp3) is 0.467. The summed E-state index contributed by atoms with van der Waals surface area (Å²) >= 11 is 6.19. The van der Waals surface area contributed by atoms with Crippen LogP contribution >= 0.6 is 11.6 Å². The lowest BCUT2D eigenvalue weighted by molar-refractivity contribution is 0.383. The third-order valence-electron chi connectivity index (χ3n) is 3.08. The second kappa shape index (κ2) is 7.94. The number of hydrogen-bond acceptors (Lipinski definition) is 3. The van der Waals surface area contributed by atoms with Gasteiger partial charge in [-0.15, -0.1) is 6.58 Å². The summed E-state index contributed by atoms with van der Waals surface area (Å²) < 4.78 is 26.7. The fourth-order valence-electron chi connectivity index (χ4n) is 1.94. The zero-order chi connectivity index (χ0) is 16.0. The van der Waals surface area contributed by atoms with Crippen molar-refractivity contribution in [1.29, 1.82) is 0 Å². The van der Waals surface area contributed by atoms with Crippen LogP contribution in [0.5, 0.6) is 0 Å². The smallest absolute Gasteiger partial charge is 0.243 e. The van der Waals surface area contributed by atoms with E-state index in [1.165, 1.54) is 10.4 Å². The van der Waals surface area contributed by atoms with Crippen molar-refractivity contribution in [3.63, 3.8) is 0 Å². The lowest BCUT2D eigenvalue weighted by Crippen LogP contribution is -2.37. The van der Waals surface area contributed by atoms with E-state index in [2.05, 4.69) is 11.9 Å². The Labute approximate surface area is 132 Å². The first-order valence-electron chi connectivity index (χ1n) is 6.96. The van der Waals surface area contributed by atoms with Gasteiger partial charge in [-0.3, -0.25) is 0 Å². The Balaban J connectivity index is 3.14. The number of rotatable bonds is 8. The van der Waals surface area contributed by atoms with Gasteiger partial charge in [-0.1, -0.05) is 30.7 Å². The van der Waals surface area contributed by atoms with Gasteiger partial charge in [0, 0.05) is 24.2 Å². The van der Waals surface area contributed by atoms with E-state index in [0.29, 0.717) is 11.6 Å². The number of sulfonamides is 1. The maximum Gasteiger partial charge on any atom is 0.243 e. The Morgan fingerprint density at radius 1 is 1.43 bits per heavy atom. The predicted molar refractivity (Wildman–Crippen MR) is 88.1 cm³/mol. The number of halogens is 1. The summed E-state index contributed by atoms with van der Waals surface area (Å²) in [7, 11) is -3.57. The molecule has 1 aromatic rings. The molecule has 0 bridgehead atoms. The van der Waals surface area contributed by atoms with Crippen LogP contribution in [0.25, 0.3) is 0 Å². The molecule has 6 heteroatoms. The quantitative estimate of drug-likeness (QED) is 0.745. The maximum atomic E-state index is 12.6. The van der Waals surface area contributed by atoms with Gasteiger partial charge in [-0.25, -0.2) is 8.42 Å². The summed E-state index contributed by atoms with van der Waals surface area (Å²) in [5.41, 5.74) is 0.886. The lowest BCUT2D eigenvalue weighted by Gasteiger charge is -2.24. The van der Waals surface area contributed by atoms with Crippen LogP contribution in [0.15, 0.2) is 35.7 Å². The SMILES string of the molecule is C=CCN(C(C)C)S(=O)(=O)c1ccc(CNCC)c(Cl)c1. The van der Waals surface area contributed by atoms with Gasteiger partial charge in [-0.2, -0.15) is 4.31 Å². The van der Waals surface area contributed by atoms with Crippen LogP contribution in [-0.4, -0.2) is 31.9 Å². The molecule has 0 aromatic heterocycles. The molecule has 0 fully saturated rings. The van der Waals surface area contributed by atoms with Crippen molar-refractivity contribution in [1.82, 2.24) is 9.62 Å². The molecule has 0 spiro atoms. The minimum Gasteiger partial charge on any atom is -0.313 e. The lowest BCUT2D eigenvalue weighted by atomic mass is 10.2. The molecule has 0 aliphatic carbocycles. The van der Waals surface area contributed by atoms with Crippen molar-refractivity contribution < 1.29 is 8.42 Å². The number of hydrogen-bond donors (Lipinski definition) is 1. The first-order chi connectivity index (χ1) is 9.84. The third-order valence-corrected chi connectivity index (χ3v) is 5.47. The second-order valence-corrected chi connectivity index (χ2v) is 7.29. The highest BCUT2D eigenvalue weighted by Crippen LogP contribution is 2.24. The molecule has 0 saturated heterocycles. The summed E-state index contributed by atoms with van der Waals surface area (Å²) in [6, 6.07) is 4.73. The average molecular weight is 331 g/mol. The standard InChI is InChI=1S/C15H23ClN2O2S/c1-5-9-18(12(3)4)21(19,20)14-8-7-13(11-17-6-2)15(16)10-14/h5,7-8,10,12,17H,1,6,9,11H2,2-4H3. The summed E-state index contributed by atoms with van der Waals surface area (Å²) in [6.07, 6.45) is 1.58. The topological polar surface area (TPSA) is 49.4 Å².